The molecule has 0 amide bonds. The molecule has 0 aliphatic rings. The van der Waals surface area contributed by atoms with Crippen molar-refractivity contribution < 1.29 is 13.3 Å². The van der Waals surface area contributed by atoms with Crippen LogP contribution in [0.3, 0.4) is 0 Å². The molecule has 0 radical (unpaired) electrons. The number of nitrogens with zero attached hydrogens (tertiary/aromatic N) is 4. The molecule has 0 bridgehead atoms. The Morgan fingerprint density at radius 3 is 2.56 bits per heavy atom. The van der Waals surface area contributed by atoms with Crippen molar-refractivity contribution in [2.45, 2.75) is 11.4 Å². The van der Waals surface area contributed by atoms with Crippen molar-refractivity contribution >= 4 is 21.4 Å². The molecule has 1 aromatic carbocycles. The van der Waals surface area contributed by atoms with Crippen LogP contribution in [-0.4, -0.2) is 57.5 Å². The molecule has 0 unspecified atom stereocenters. The molecule has 0 saturated carbocycles. The first-order chi connectivity index (χ1) is 12.7. The Morgan fingerprint density at radius 1 is 1.22 bits per heavy atom. The molecule has 146 valence electrons. The van der Waals surface area contributed by atoms with Crippen LogP contribution >= 0.6 is 0 Å². The van der Waals surface area contributed by atoms with Gasteiger partial charge in [-0.15, -0.1) is 0 Å². The van der Waals surface area contributed by atoms with Crippen LogP contribution in [0.5, 0.6) is 0 Å². The van der Waals surface area contributed by atoms with E-state index in [1.165, 1.54) is 12.1 Å². The lowest BCUT2D eigenvalue weighted by atomic mass is 10.2. The average Bonchev–Trinajstić information content (AvgIpc) is 2.61. The molecule has 27 heavy (non-hydrogen) atoms. The summed E-state index contributed by atoms with van der Waals surface area (Å²) in [5.74, 6) is 0. The summed E-state index contributed by atoms with van der Waals surface area (Å²) in [6.07, 6.45) is 3.32. The van der Waals surface area contributed by atoms with E-state index in [2.05, 4.69) is 9.71 Å². The van der Waals surface area contributed by atoms with E-state index >= 15 is 0 Å². The summed E-state index contributed by atoms with van der Waals surface area (Å²) in [7, 11) is 1.54. The standard InChI is InChI=1S/C17H23N5O4S/c1-20(2)10-9-19-27(25,26)15-6-7-16(17(11-15)22(23)24)21(3)13-14-5-4-8-18-12-14/h4-8,11-12,19H,9-10,13H2,1-3H3. The molecule has 9 nitrogen and oxygen atoms in total. The van der Waals surface area contributed by atoms with E-state index in [4.69, 9.17) is 0 Å². The van der Waals surface area contributed by atoms with E-state index in [0.29, 0.717) is 18.8 Å². The zero-order chi connectivity index (χ0) is 20.0. The fourth-order valence-corrected chi connectivity index (χ4v) is 3.52. The number of nitro benzene ring substituents is 1. The van der Waals surface area contributed by atoms with Crippen LogP contribution in [0.15, 0.2) is 47.6 Å². The Hall–Kier alpha value is -2.56. The molecule has 1 N–H and O–H groups in total. The number of pyridine rings is 1. The Labute approximate surface area is 158 Å². The van der Waals surface area contributed by atoms with E-state index in [1.54, 1.807) is 30.4 Å². The second-order valence-electron chi connectivity index (χ2n) is 6.33. The maximum atomic E-state index is 12.4. The topological polar surface area (TPSA) is 109 Å². The van der Waals surface area contributed by atoms with Crippen molar-refractivity contribution in [3.05, 3.63) is 58.4 Å². The highest BCUT2D eigenvalue weighted by atomic mass is 32.2. The van der Waals surface area contributed by atoms with E-state index in [0.717, 1.165) is 11.6 Å². The zero-order valence-corrected chi connectivity index (χ0v) is 16.3. The number of nitro groups is 1. The number of hydrogen-bond acceptors (Lipinski definition) is 7. The van der Waals surface area contributed by atoms with Gasteiger partial charge in [-0.25, -0.2) is 13.1 Å². The lowest BCUT2D eigenvalue weighted by Gasteiger charge is -2.19. The molecular weight excluding hydrogens is 370 g/mol. The molecule has 10 heteroatoms. The van der Waals surface area contributed by atoms with Crippen molar-refractivity contribution in [2.24, 2.45) is 0 Å². The van der Waals surface area contributed by atoms with Gasteiger partial charge in [0.2, 0.25) is 10.0 Å². The zero-order valence-electron chi connectivity index (χ0n) is 15.5. The van der Waals surface area contributed by atoms with Gasteiger partial charge in [0.25, 0.3) is 5.69 Å². The average molecular weight is 393 g/mol. The quantitative estimate of drug-likeness (QED) is 0.507. The van der Waals surface area contributed by atoms with Crippen LogP contribution in [-0.2, 0) is 16.6 Å². The third-order valence-electron chi connectivity index (χ3n) is 3.86. The summed E-state index contributed by atoms with van der Waals surface area (Å²) in [4.78, 5) is 18.3. The van der Waals surface area contributed by atoms with Gasteiger partial charge in [-0.05, 0) is 37.9 Å². The van der Waals surface area contributed by atoms with E-state index in [1.807, 2.05) is 25.1 Å². The number of sulfonamides is 1. The Bertz CT molecular complexity index is 887. The summed E-state index contributed by atoms with van der Waals surface area (Å²) >= 11 is 0. The van der Waals surface area contributed by atoms with Crippen molar-refractivity contribution in [2.75, 3.05) is 39.1 Å². The van der Waals surface area contributed by atoms with Crippen LogP contribution in [0.2, 0.25) is 0 Å². The maximum absolute atomic E-state index is 12.4. The SMILES string of the molecule is CN(C)CCNS(=O)(=O)c1ccc(N(C)Cc2cccnc2)c([N+](=O)[O-])c1. The molecule has 0 spiro atoms. The molecule has 0 aliphatic carbocycles. The minimum Gasteiger partial charge on any atom is -0.365 e. The monoisotopic (exact) mass is 393 g/mol. The minimum atomic E-state index is -3.82. The van der Waals surface area contributed by atoms with Crippen LogP contribution < -0.4 is 9.62 Å². The first-order valence-electron chi connectivity index (χ1n) is 8.23. The van der Waals surface area contributed by atoms with Crippen molar-refractivity contribution in [1.29, 1.82) is 0 Å². The summed E-state index contributed by atoms with van der Waals surface area (Å²) in [5.41, 5.74) is 0.948. The summed E-state index contributed by atoms with van der Waals surface area (Å²) in [6.45, 7) is 1.14. The number of nitrogens with one attached hydrogen (secondary N) is 1. The van der Waals surface area contributed by atoms with Gasteiger partial charge in [0.15, 0.2) is 0 Å². The third-order valence-corrected chi connectivity index (χ3v) is 5.32. The lowest BCUT2D eigenvalue weighted by Crippen LogP contribution is -2.31. The van der Waals surface area contributed by atoms with Crippen molar-refractivity contribution in [3.63, 3.8) is 0 Å². The Morgan fingerprint density at radius 2 is 1.96 bits per heavy atom. The van der Waals surface area contributed by atoms with Gasteiger partial charge in [0.05, 0.1) is 9.82 Å². The largest absolute Gasteiger partial charge is 0.365 e. The van der Waals surface area contributed by atoms with E-state index in [9.17, 15) is 18.5 Å². The molecular formula is C17H23N5O4S. The number of likely N-dealkylation sites (N-methyl/N-ethyl adjacent to an activating group) is 1. The first kappa shape index (κ1) is 20.7. The molecule has 0 fully saturated rings. The number of aromatic nitrogens is 1. The molecule has 0 saturated heterocycles. The van der Waals surface area contributed by atoms with Crippen LogP contribution in [0.1, 0.15) is 5.56 Å². The highest BCUT2D eigenvalue weighted by molar-refractivity contribution is 7.89. The fraction of sp³-hybridized carbons (Fsp3) is 0.353. The van der Waals surface area contributed by atoms with Crippen molar-refractivity contribution in [1.82, 2.24) is 14.6 Å². The van der Waals surface area contributed by atoms with Crippen LogP contribution in [0, 0.1) is 10.1 Å². The normalized spacial score (nSPS) is 11.6. The fourth-order valence-electron chi connectivity index (χ4n) is 2.48. The third kappa shape index (κ3) is 5.71. The molecule has 1 aromatic heterocycles. The Balaban J connectivity index is 2.27. The Kier molecular flexibility index (Phi) is 6.83. The predicted molar refractivity (Wildman–Crippen MR) is 103 cm³/mol. The van der Waals surface area contributed by atoms with Gasteiger partial charge in [0.1, 0.15) is 5.69 Å². The molecule has 1 heterocycles. The minimum absolute atomic E-state index is 0.133. The number of hydrogen-bond donors (Lipinski definition) is 1. The number of benzene rings is 1. The van der Waals surface area contributed by atoms with E-state index in [-0.39, 0.29) is 17.1 Å². The van der Waals surface area contributed by atoms with Gasteiger partial charge in [0, 0.05) is 45.1 Å². The molecule has 2 rings (SSSR count). The maximum Gasteiger partial charge on any atom is 0.293 e. The first-order valence-corrected chi connectivity index (χ1v) is 9.72. The second-order valence-corrected chi connectivity index (χ2v) is 8.09. The highest BCUT2D eigenvalue weighted by Gasteiger charge is 2.23. The van der Waals surface area contributed by atoms with Crippen molar-refractivity contribution in [3.8, 4) is 0 Å². The summed E-state index contributed by atoms with van der Waals surface area (Å²) in [5, 5.41) is 11.5. The van der Waals surface area contributed by atoms with Crippen LogP contribution in [0.4, 0.5) is 11.4 Å². The van der Waals surface area contributed by atoms with Crippen LogP contribution in [0.25, 0.3) is 0 Å². The second kappa shape index (κ2) is 8.89. The number of rotatable bonds is 9. The lowest BCUT2D eigenvalue weighted by molar-refractivity contribution is -0.384. The van der Waals surface area contributed by atoms with E-state index < -0.39 is 14.9 Å². The predicted octanol–water partition coefficient (Wildman–Crippen LogP) is 1.47. The smallest absolute Gasteiger partial charge is 0.293 e. The molecule has 0 aliphatic heterocycles. The molecule has 0 atom stereocenters. The summed E-state index contributed by atoms with van der Waals surface area (Å²) < 4.78 is 27.2. The van der Waals surface area contributed by atoms with Gasteiger partial charge in [-0.1, -0.05) is 6.07 Å². The van der Waals surface area contributed by atoms with Gasteiger partial charge in [-0.2, -0.15) is 0 Å². The van der Waals surface area contributed by atoms with Gasteiger partial charge < -0.3 is 9.80 Å². The van der Waals surface area contributed by atoms with Gasteiger partial charge in [-0.3, -0.25) is 15.1 Å². The highest BCUT2D eigenvalue weighted by Crippen LogP contribution is 2.30. The summed E-state index contributed by atoms with van der Waals surface area (Å²) in [6, 6.07) is 7.57. The number of anilines is 1. The van der Waals surface area contributed by atoms with Gasteiger partial charge >= 0.3 is 0 Å². The molecule has 2 aromatic rings.